The number of oxime groups is 1. The number of nitrogens with one attached hydrogen (secondary N) is 4. The summed E-state index contributed by atoms with van der Waals surface area (Å²) in [6.07, 6.45) is 2.98. The van der Waals surface area contributed by atoms with Gasteiger partial charge in [0.2, 0.25) is 5.17 Å². The van der Waals surface area contributed by atoms with Crippen LogP contribution < -0.4 is 26.0 Å². The Morgan fingerprint density at radius 2 is 1.95 bits per heavy atom. The number of anilines is 1. The summed E-state index contributed by atoms with van der Waals surface area (Å²) in [6.45, 7) is 2.32. The van der Waals surface area contributed by atoms with Gasteiger partial charge in [0.1, 0.15) is 24.0 Å². The van der Waals surface area contributed by atoms with Crippen molar-refractivity contribution in [1.29, 1.82) is 0 Å². The minimum Gasteiger partial charge on any atom is -0.489 e. The zero-order valence-electron chi connectivity index (χ0n) is 19.9. The number of imidazole rings is 1. The molecule has 194 valence electrons. The topological polar surface area (TPSA) is 155 Å². The zero-order valence-corrected chi connectivity index (χ0v) is 20.8. The van der Waals surface area contributed by atoms with Gasteiger partial charge < -0.3 is 35.2 Å². The monoisotopic (exact) mass is 524 g/mol. The van der Waals surface area contributed by atoms with E-state index in [1.165, 1.54) is 0 Å². The summed E-state index contributed by atoms with van der Waals surface area (Å²) in [5.74, 6) is 0.252. The summed E-state index contributed by atoms with van der Waals surface area (Å²) in [4.78, 5) is 31.6. The van der Waals surface area contributed by atoms with Crippen molar-refractivity contribution in [1.82, 2.24) is 20.6 Å². The van der Waals surface area contributed by atoms with Gasteiger partial charge in [-0.15, -0.1) is 0 Å². The summed E-state index contributed by atoms with van der Waals surface area (Å²) < 4.78 is 5.74. The number of carbonyl (C=O) groups excluding carboxylic acids is 1. The number of aromatic nitrogens is 2. The predicted octanol–water partition coefficient (Wildman–Crippen LogP) is 1.80. The van der Waals surface area contributed by atoms with Gasteiger partial charge in [0.05, 0.1) is 10.4 Å². The van der Waals surface area contributed by atoms with Gasteiger partial charge in [-0.25, -0.2) is 4.79 Å². The van der Waals surface area contributed by atoms with Crippen molar-refractivity contribution in [2.45, 2.75) is 25.0 Å². The van der Waals surface area contributed by atoms with E-state index in [0.717, 1.165) is 48.9 Å². The third-order valence-electron chi connectivity index (χ3n) is 6.38. The van der Waals surface area contributed by atoms with Gasteiger partial charge >= 0.3 is 5.69 Å². The van der Waals surface area contributed by atoms with E-state index in [0.29, 0.717) is 34.3 Å². The molecule has 2 saturated heterocycles. The van der Waals surface area contributed by atoms with Crippen molar-refractivity contribution in [3.05, 3.63) is 63.4 Å². The lowest BCUT2D eigenvalue weighted by molar-refractivity contribution is -0.115. The van der Waals surface area contributed by atoms with Crippen molar-refractivity contribution in [2.24, 2.45) is 5.16 Å². The van der Waals surface area contributed by atoms with E-state index in [-0.39, 0.29) is 23.4 Å². The highest BCUT2D eigenvalue weighted by molar-refractivity contribution is 8.18. The maximum atomic E-state index is 11.9. The maximum absolute atomic E-state index is 11.9. The van der Waals surface area contributed by atoms with E-state index in [1.54, 1.807) is 24.3 Å². The largest absolute Gasteiger partial charge is 0.489 e. The number of thioether (sulfide) groups is 1. The van der Waals surface area contributed by atoms with Gasteiger partial charge in [-0.1, -0.05) is 23.4 Å². The highest BCUT2D eigenvalue weighted by atomic mass is 32.2. The summed E-state index contributed by atoms with van der Waals surface area (Å²) in [5, 5.41) is 28.3. The number of rotatable bonds is 8. The minimum atomic E-state index is -0.680. The van der Waals surface area contributed by atoms with E-state index >= 15 is 0 Å². The van der Waals surface area contributed by atoms with E-state index in [1.807, 2.05) is 24.3 Å². The number of benzene rings is 2. The van der Waals surface area contributed by atoms with Crippen molar-refractivity contribution in [3.8, 4) is 5.75 Å². The maximum Gasteiger partial charge on any atom is 0.323 e. The van der Waals surface area contributed by atoms with Crippen LogP contribution in [0.3, 0.4) is 0 Å². The number of carbonyl (C=O) groups is 1. The van der Waals surface area contributed by atoms with Crippen LogP contribution in [0.5, 0.6) is 5.75 Å². The van der Waals surface area contributed by atoms with E-state index in [4.69, 9.17) is 9.94 Å². The van der Waals surface area contributed by atoms with Crippen LogP contribution in [0, 0.1) is 0 Å². The number of amidine groups is 1. The standard InChI is InChI=1S/C25H28N6O5S/c32-18(14-36-20-3-1-2-19-22(20)28-24(34)27-19)13-26-16-8-10-31(11-9-16)17-6-4-15(5-7-17)12-21-23(33)29-25(30-35)37-21/h1-7,12,16,18,26,32,35H,8-11,13-14H2,(H2,27,28,34)(H,29,30,33)/b21-12+/t18-/m0/s1. The van der Waals surface area contributed by atoms with Gasteiger partial charge in [-0.2, -0.15) is 0 Å². The molecular weight excluding hydrogens is 496 g/mol. The van der Waals surface area contributed by atoms with Crippen LogP contribution in [-0.4, -0.2) is 69.7 Å². The molecule has 0 spiro atoms. The summed E-state index contributed by atoms with van der Waals surface area (Å²) in [7, 11) is 0. The first-order chi connectivity index (χ1) is 18.0. The average Bonchev–Trinajstić information content (AvgIpc) is 3.48. The van der Waals surface area contributed by atoms with Crippen LogP contribution >= 0.6 is 11.8 Å². The first kappa shape index (κ1) is 24.9. The second-order valence-electron chi connectivity index (χ2n) is 8.95. The molecule has 1 amide bonds. The molecule has 0 radical (unpaired) electrons. The van der Waals surface area contributed by atoms with Gasteiger partial charge in [-0.05, 0) is 60.5 Å². The molecule has 3 heterocycles. The predicted molar refractivity (Wildman–Crippen MR) is 143 cm³/mol. The number of aliphatic hydroxyl groups is 1. The lowest BCUT2D eigenvalue weighted by Crippen LogP contribution is -2.45. The van der Waals surface area contributed by atoms with Crippen LogP contribution in [0.15, 0.2) is 57.3 Å². The Bertz CT molecular complexity index is 1370. The molecular formula is C25H28N6O5S. The van der Waals surface area contributed by atoms with Gasteiger partial charge in [0.15, 0.2) is 0 Å². The second kappa shape index (κ2) is 11.1. The number of piperidine rings is 1. The molecule has 2 aromatic carbocycles. The molecule has 2 aliphatic rings. The minimum absolute atomic E-state index is 0.120. The smallest absolute Gasteiger partial charge is 0.323 e. The van der Waals surface area contributed by atoms with Crippen LogP contribution in [0.25, 0.3) is 17.1 Å². The molecule has 1 atom stereocenters. The Hall–Kier alpha value is -3.74. The number of aliphatic hydroxyl groups excluding tert-OH is 1. The molecule has 2 aliphatic heterocycles. The lowest BCUT2D eigenvalue weighted by atomic mass is 10.0. The first-order valence-corrected chi connectivity index (χ1v) is 12.8. The fourth-order valence-electron chi connectivity index (χ4n) is 4.45. The Morgan fingerprint density at radius 1 is 1.16 bits per heavy atom. The number of hydrogen-bond donors (Lipinski definition) is 6. The molecule has 0 aliphatic carbocycles. The van der Waals surface area contributed by atoms with Crippen molar-refractivity contribution in [2.75, 3.05) is 31.1 Å². The van der Waals surface area contributed by atoms with Crippen molar-refractivity contribution < 1.29 is 19.8 Å². The molecule has 0 bridgehead atoms. The van der Waals surface area contributed by atoms with Crippen LogP contribution in [0.1, 0.15) is 18.4 Å². The Balaban J connectivity index is 1.06. The van der Waals surface area contributed by atoms with E-state index in [2.05, 4.69) is 30.7 Å². The van der Waals surface area contributed by atoms with Crippen LogP contribution in [0.4, 0.5) is 5.69 Å². The number of aromatic amines is 2. The number of amides is 1. The number of fused-ring (bicyclic) bond motifs is 1. The van der Waals surface area contributed by atoms with Gasteiger partial charge in [0.25, 0.3) is 5.91 Å². The van der Waals surface area contributed by atoms with Crippen LogP contribution in [0.2, 0.25) is 0 Å². The zero-order chi connectivity index (χ0) is 25.8. The molecule has 0 saturated carbocycles. The molecule has 12 heteroatoms. The average molecular weight is 525 g/mol. The number of ether oxygens (including phenoxy) is 1. The molecule has 2 fully saturated rings. The molecule has 6 N–H and O–H groups in total. The number of hydrogen-bond acceptors (Lipinski definition) is 9. The molecule has 3 aromatic rings. The van der Waals surface area contributed by atoms with Gasteiger partial charge in [-0.3, -0.25) is 10.1 Å². The fraction of sp³-hybridized carbons (Fsp3) is 0.320. The molecule has 1 aromatic heterocycles. The molecule has 0 unspecified atom stereocenters. The quantitative estimate of drug-likeness (QED) is 0.148. The highest BCUT2D eigenvalue weighted by Gasteiger charge is 2.24. The lowest BCUT2D eigenvalue weighted by Gasteiger charge is -2.34. The molecule has 37 heavy (non-hydrogen) atoms. The van der Waals surface area contributed by atoms with Gasteiger partial charge in [0, 0.05) is 31.4 Å². The summed E-state index contributed by atoms with van der Waals surface area (Å²) in [5.41, 5.74) is 2.98. The number of H-pyrrole nitrogens is 2. The Morgan fingerprint density at radius 3 is 2.68 bits per heavy atom. The summed E-state index contributed by atoms with van der Waals surface area (Å²) in [6, 6.07) is 13.7. The Kier molecular flexibility index (Phi) is 7.49. The fourth-order valence-corrected chi connectivity index (χ4v) is 5.18. The second-order valence-corrected chi connectivity index (χ2v) is 9.98. The summed E-state index contributed by atoms with van der Waals surface area (Å²) >= 11 is 1.10. The SMILES string of the molecule is O=C1NC(=NO)S/C1=C/c1ccc(N2CCC(NC[C@H](O)COc3cccc4[nH]c(=O)[nH]c34)CC2)cc1. The Labute approximate surface area is 216 Å². The van der Waals surface area contributed by atoms with Crippen molar-refractivity contribution in [3.63, 3.8) is 0 Å². The van der Waals surface area contributed by atoms with E-state index < -0.39 is 6.10 Å². The third kappa shape index (κ3) is 5.98. The normalized spacial score (nSPS) is 19.6. The first-order valence-electron chi connectivity index (χ1n) is 12.0. The third-order valence-corrected chi connectivity index (χ3v) is 7.28. The number of para-hydroxylation sites is 1. The van der Waals surface area contributed by atoms with Crippen LogP contribution in [-0.2, 0) is 4.79 Å². The van der Waals surface area contributed by atoms with E-state index in [9.17, 15) is 14.7 Å². The highest BCUT2D eigenvalue weighted by Crippen LogP contribution is 2.27. The molecule has 11 nitrogen and oxygen atoms in total. The van der Waals surface area contributed by atoms with Crippen molar-refractivity contribution >= 4 is 45.6 Å². The molecule has 5 rings (SSSR count). The number of nitrogens with zero attached hydrogens (tertiary/aromatic N) is 2.